The fraction of sp³-hybridized carbons (Fsp3) is 0.0741. The minimum atomic E-state index is -0.0887. The first-order valence-corrected chi connectivity index (χ1v) is 11.8. The molecule has 0 radical (unpaired) electrons. The predicted molar refractivity (Wildman–Crippen MR) is 133 cm³/mol. The Balaban J connectivity index is 1.24. The van der Waals surface area contributed by atoms with Crippen LogP contribution in [0.5, 0.6) is 5.75 Å². The number of hydrogen-bond donors (Lipinski definition) is 0. The van der Waals surface area contributed by atoms with Crippen LogP contribution in [0.4, 0.5) is 11.4 Å². The van der Waals surface area contributed by atoms with Crippen LogP contribution >= 0.6 is 11.8 Å². The third kappa shape index (κ3) is 4.94. The molecule has 0 spiro atoms. The molecule has 168 valence electrons. The fourth-order valence-electron chi connectivity index (χ4n) is 3.60. The van der Waals surface area contributed by atoms with Crippen molar-refractivity contribution in [3.05, 3.63) is 109 Å². The molecule has 0 N–H and O–H groups in total. The molecule has 1 aromatic heterocycles. The lowest BCUT2D eigenvalue weighted by Crippen LogP contribution is -2.27. The number of para-hydroxylation sites is 2. The van der Waals surface area contributed by atoms with Crippen LogP contribution < -0.4 is 9.64 Å². The van der Waals surface area contributed by atoms with Gasteiger partial charge in [-0.1, -0.05) is 84.6 Å². The van der Waals surface area contributed by atoms with E-state index in [1.807, 2.05) is 103 Å². The number of ether oxygens (including phenoxy) is 1. The quantitative estimate of drug-likeness (QED) is 0.251. The van der Waals surface area contributed by atoms with Crippen LogP contribution in [0, 0.1) is 0 Å². The summed E-state index contributed by atoms with van der Waals surface area (Å²) >= 11 is 1.20. The molecule has 4 aromatic carbocycles. The molecule has 0 aliphatic rings. The lowest BCUT2D eigenvalue weighted by atomic mass is 10.1. The molecule has 1 amide bonds. The standard InChI is InChI=1S/C27H21N3O3S/c31-26(30(21-12-3-1-4-13-21)22-14-5-2-6-15-22)19-34-27-29-28-25(33-27)18-32-24-17-9-11-20-10-7-8-16-23(20)24/h1-17H,18-19H2. The molecule has 1 heterocycles. The van der Waals surface area contributed by atoms with E-state index in [9.17, 15) is 4.79 Å². The summed E-state index contributed by atoms with van der Waals surface area (Å²) in [6, 6.07) is 33.0. The number of aromatic nitrogens is 2. The highest BCUT2D eigenvalue weighted by Gasteiger charge is 2.19. The molecule has 0 fully saturated rings. The minimum absolute atomic E-state index is 0.0887. The lowest BCUT2D eigenvalue weighted by molar-refractivity contribution is -0.115. The summed E-state index contributed by atoms with van der Waals surface area (Å²) in [6.45, 7) is 0.148. The van der Waals surface area contributed by atoms with E-state index >= 15 is 0 Å². The lowest BCUT2D eigenvalue weighted by Gasteiger charge is -2.22. The van der Waals surface area contributed by atoms with Crippen molar-refractivity contribution < 1.29 is 13.9 Å². The molecule has 0 unspecified atom stereocenters. The summed E-state index contributed by atoms with van der Waals surface area (Å²) in [4.78, 5) is 14.8. The second-order valence-corrected chi connectivity index (χ2v) is 8.34. The van der Waals surface area contributed by atoms with Gasteiger partial charge in [-0.05, 0) is 35.7 Å². The number of benzene rings is 4. The van der Waals surface area contributed by atoms with Gasteiger partial charge in [0.15, 0.2) is 6.61 Å². The van der Waals surface area contributed by atoms with Crippen LogP contribution in [0.2, 0.25) is 0 Å². The Morgan fingerprint density at radius 2 is 1.44 bits per heavy atom. The molecule has 34 heavy (non-hydrogen) atoms. The third-order valence-corrected chi connectivity index (χ3v) is 5.95. The Morgan fingerprint density at radius 1 is 0.794 bits per heavy atom. The normalized spacial score (nSPS) is 10.8. The number of carbonyl (C=O) groups excluding carboxylic acids is 1. The Kier molecular flexibility index (Phi) is 6.54. The first-order chi connectivity index (χ1) is 16.8. The maximum atomic E-state index is 13.1. The summed E-state index contributed by atoms with van der Waals surface area (Å²) in [5, 5.41) is 10.6. The number of fused-ring (bicyclic) bond motifs is 1. The van der Waals surface area contributed by atoms with Crippen LogP contribution in [0.15, 0.2) is 113 Å². The SMILES string of the molecule is O=C(CSc1nnc(COc2cccc3ccccc23)o1)N(c1ccccc1)c1ccccc1. The van der Waals surface area contributed by atoms with Gasteiger partial charge in [-0.3, -0.25) is 9.69 Å². The van der Waals surface area contributed by atoms with Crippen LogP contribution in [-0.4, -0.2) is 21.9 Å². The topological polar surface area (TPSA) is 68.5 Å². The number of anilines is 2. The first kappa shape index (κ1) is 21.7. The predicted octanol–water partition coefficient (Wildman–Crippen LogP) is 6.26. The van der Waals surface area contributed by atoms with E-state index in [0.29, 0.717) is 11.1 Å². The van der Waals surface area contributed by atoms with Gasteiger partial charge >= 0.3 is 0 Å². The number of carbonyl (C=O) groups is 1. The molecular weight excluding hydrogens is 446 g/mol. The van der Waals surface area contributed by atoms with Crippen LogP contribution in [0.25, 0.3) is 10.8 Å². The second kappa shape index (κ2) is 10.2. The highest BCUT2D eigenvalue weighted by Crippen LogP contribution is 2.28. The van der Waals surface area contributed by atoms with Crippen molar-refractivity contribution in [2.24, 2.45) is 0 Å². The fourth-order valence-corrected chi connectivity index (χ4v) is 4.22. The van der Waals surface area contributed by atoms with Crippen LogP contribution in [0.3, 0.4) is 0 Å². The van der Waals surface area contributed by atoms with E-state index in [1.54, 1.807) is 4.90 Å². The largest absolute Gasteiger partial charge is 0.483 e. The van der Waals surface area contributed by atoms with Gasteiger partial charge in [-0.2, -0.15) is 0 Å². The van der Waals surface area contributed by atoms with Gasteiger partial charge in [-0.25, -0.2) is 0 Å². The highest BCUT2D eigenvalue weighted by atomic mass is 32.2. The zero-order chi connectivity index (χ0) is 23.2. The summed E-state index contributed by atoms with van der Waals surface area (Å²) < 4.78 is 11.6. The molecule has 0 saturated carbocycles. The Bertz CT molecular complexity index is 1350. The molecule has 6 nitrogen and oxygen atoms in total. The highest BCUT2D eigenvalue weighted by molar-refractivity contribution is 7.99. The van der Waals surface area contributed by atoms with Crippen molar-refractivity contribution in [3.8, 4) is 5.75 Å². The molecule has 7 heteroatoms. The van der Waals surface area contributed by atoms with E-state index in [1.165, 1.54) is 11.8 Å². The van der Waals surface area contributed by atoms with E-state index < -0.39 is 0 Å². The van der Waals surface area contributed by atoms with Crippen molar-refractivity contribution in [2.75, 3.05) is 10.7 Å². The zero-order valence-electron chi connectivity index (χ0n) is 18.2. The Morgan fingerprint density at radius 3 is 2.18 bits per heavy atom. The van der Waals surface area contributed by atoms with E-state index in [-0.39, 0.29) is 18.3 Å². The van der Waals surface area contributed by atoms with Crippen molar-refractivity contribution in [1.82, 2.24) is 10.2 Å². The smallest absolute Gasteiger partial charge is 0.277 e. The second-order valence-electron chi connectivity index (χ2n) is 7.42. The van der Waals surface area contributed by atoms with E-state index in [2.05, 4.69) is 10.2 Å². The minimum Gasteiger partial charge on any atom is -0.483 e. The molecule has 0 aliphatic carbocycles. The molecule has 0 atom stereocenters. The van der Waals surface area contributed by atoms with Gasteiger partial charge in [0.05, 0.1) is 5.75 Å². The van der Waals surface area contributed by atoms with Gasteiger partial charge < -0.3 is 9.15 Å². The average Bonchev–Trinajstić information content (AvgIpc) is 3.35. The summed E-state index contributed by atoms with van der Waals surface area (Å²) in [5.74, 6) is 1.16. The number of thioether (sulfide) groups is 1. The van der Waals surface area contributed by atoms with Gasteiger partial charge in [0.25, 0.3) is 11.1 Å². The van der Waals surface area contributed by atoms with E-state index in [4.69, 9.17) is 9.15 Å². The van der Waals surface area contributed by atoms with Crippen molar-refractivity contribution in [3.63, 3.8) is 0 Å². The van der Waals surface area contributed by atoms with Gasteiger partial charge in [0.2, 0.25) is 5.91 Å². The monoisotopic (exact) mass is 467 g/mol. The van der Waals surface area contributed by atoms with Crippen molar-refractivity contribution in [1.29, 1.82) is 0 Å². The van der Waals surface area contributed by atoms with Gasteiger partial charge in [-0.15, -0.1) is 10.2 Å². The average molecular weight is 468 g/mol. The molecular formula is C27H21N3O3S. The summed E-state index contributed by atoms with van der Waals surface area (Å²) in [6.07, 6.45) is 0. The van der Waals surface area contributed by atoms with Crippen molar-refractivity contribution in [2.45, 2.75) is 11.8 Å². The molecule has 5 rings (SSSR count). The van der Waals surface area contributed by atoms with E-state index in [0.717, 1.165) is 27.9 Å². The number of rotatable bonds is 8. The summed E-state index contributed by atoms with van der Waals surface area (Å²) in [7, 11) is 0. The summed E-state index contributed by atoms with van der Waals surface area (Å²) in [5.41, 5.74) is 1.60. The maximum absolute atomic E-state index is 13.1. The van der Waals surface area contributed by atoms with Gasteiger partial charge in [0.1, 0.15) is 5.75 Å². The van der Waals surface area contributed by atoms with Crippen LogP contribution in [0.1, 0.15) is 5.89 Å². The molecule has 5 aromatic rings. The van der Waals surface area contributed by atoms with Gasteiger partial charge in [0, 0.05) is 16.8 Å². The molecule has 0 aliphatic heterocycles. The Hall–Kier alpha value is -4.10. The third-order valence-electron chi connectivity index (χ3n) is 5.15. The van der Waals surface area contributed by atoms with Crippen LogP contribution in [-0.2, 0) is 11.4 Å². The number of nitrogens with zero attached hydrogens (tertiary/aromatic N) is 3. The first-order valence-electron chi connectivity index (χ1n) is 10.8. The maximum Gasteiger partial charge on any atom is 0.277 e. The zero-order valence-corrected chi connectivity index (χ0v) is 19.0. The molecule has 0 saturated heterocycles. The molecule has 0 bridgehead atoms. The number of hydrogen-bond acceptors (Lipinski definition) is 6. The number of amides is 1. The van der Waals surface area contributed by atoms with Crippen molar-refractivity contribution >= 4 is 39.8 Å². The Labute approximate surface area is 201 Å².